The molecule has 2 N–H and O–H groups in total. The van der Waals surface area contributed by atoms with Crippen molar-refractivity contribution in [2.75, 3.05) is 11.9 Å². The minimum Gasteiger partial charge on any atom is -0.389 e. The average Bonchev–Trinajstić information content (AvgIpc) is 2.40. The van der Waals surface area contributed by atoms with Crippen LogP contribution in [0, 0.1) is 0 Å². The van der Waals surface area contributed by atoms with Gasteiger partial charge in [0.2, 0.25) is 0 Å². The number of hydrogen-bond donors (Lipinski definition) is 1. The highest BCUT2D eigenvalue weighted by Gasteiger charge is 2.07. The van der Waals surface area contributed by atoms with E-state index in [9.17, 15) is 0 Å². The van der Waals surface area contributed by atoms with E-state index >= 15 is 0 Å². The number of nitrogens with two attached hydrogens (primary N) is 1. The number of hydrogen-bond acceptors (Lipinski definition) is 2. The maximum Gasteiger partial charge on any atom is 0.105 e. The van der Waals surface area contributed by atoms with Gasteiger partial charge in [0.1, 0.15) is 4.99 Å². The first kappa shape index (κ1) is 15.1. The summed E-state index contributed by atoms with van der Waals surface area (Å²) >= 11 is 17.0. The molecule has 0 heterocycles. The summed E-state index contributed by atoms with van der Waals surface area (Å²) in [4.78, 5) is 2.40. The second-order valence-electron chi connectivity index (χ2n) is 4.51. The largest absolute Gasteiger partial charge is 0.389 e. The fourth-order valence-electron chi connectivity index (χ4n) is 1.90. The number of thiocarbonyl (C=S) groups is 1. The Morgan fingerprint density at radius 3 is 2.35 bits per heavy atom. The van der Waals surface area contributed by atoms with E-state index in [0.717, 1.165) is 17.3 Å². The van der Waals surface area contributed by atoms with Crippen LogP contribution >= 0.6 is 35.4 Å². The van der Waals surface area contributed by atoms with Gasteiger partial charge in [-0.15, -0.1) is 0 Å². The van der Waals surface area contributed by atoms with Gasteiger partial charge in [0.25, 0.3) is 0 Å². The third-order valence-electron chi connectivity index (χ3n) is 2.99. The zero-order valence-electron chi connectivity index (χ0n) is 10.9. The summed E-state index contributed by atoms with van der Waals surface area (Å²) in [5.41, 5.74) is 8.48. The SMILES string of the molecule is CN(Cc1ccc(Cl)cc1)c1ccc(C(N)=S)c(Cl)c1. The highest BCUT2D eigenvalue weighted by atomic mass is 35.5. The lowest BCUT2D eigenvalue weighted by Gasteiger charge is -2.20. The molecule has 0 unspecified atom stereocenters. The van der Waals surface area contributed by atoms with Gasteiger partial charge in [-0.05, 0) is 35.9 Å². The maximum atomic E-state index is 6.18. The number of nitrogens with zero attached hydrogens (tertiary/aromatic N) is 1. The molecule has 0 saturated carbocycles. The summed E-state index contributed by atoms with van der Waals surface area (Å²) in [6.45, 7) is 0.764. The lowest BCUT2D eigenvalue weighted by molar-refractivity contribution is 0.923. The third-order valence-corrected chi connectivity index (χ3v) is 3.78. The number of rotatable bonds is 4. The molecule has 0 atom stereocenters. The van der Waals surface area contributed by atoms with Crippen LogP contribution in [0.4, 0.5) is 5.69 Å². The zero-order valence-corrected chi connectivity index (χ0v) is 13.3. The van der Waals surface area contributed by atoms with Crippen molar-refractivity contribution in [3.8, 4) is 0 Å². The first-order chi connectivity index (χ1) is 9.47. The normalized spacial score (nSPS) is 10.3. The van der Waals surface area contributed by atoms with Crippen LogP contribution in [0.5, 0.6) is 0 Å². The average molecular weight is 325 g/mol. The number of halogens is 2. The molecule has 0 bridgehead atoms. The van der Waals surface area contributed by atoms with Crippen molar-refractivity contribution >= 4 is 46.1 Å². The predicted octanol–water partition coefficient (Wildman–Crippen LogP) is 4.26. The summed E-state index contributed by atoms with van der Waals surface area (Å²) in [5.74, 6) is 0. The fraction of sp³-hybridized carbons (Fsp3) is 0.133. The van der Waals surface area contributed by atoms with E-state index in [1.165, 1.54) is 5.56 Å². The van der Waals surface area contributed by atoms with Gasteiger partial charge in [-0.3, -0.25) is 0 Å². The summed E-state index contributed by atoms with van der Waals surface area (Å²) in [5, 5.41) is 1.30. The van der Waals surface area contributed by atoms with E-state index in [2.05, 4.69) is 4.90 Å². The van der Waals surface area contributed by atoms with Crippen LogP contribution in [0.15, 0.2) is 42.5 Å². The Morgan fingerprint density at radius 2 is 1.80 bits per heavy atom. The van der Waals surface area contributed by atoms with E-state index in [1.807, 2.05) is 49.5 Å². The Labute approximate surface area is 134 Å². The highest BCUT2D eigenvalue weighted by Crippen LogP contribution is 2.24. The van der Waals surface area contributed by atoms with Crippen LogP contribution in [0.3, 0.4) is 0 Å². The summed E-state index contributed by atoms with van der Waals surface area (Å²) in [6.07, 6.45) is 0. The smallest absolute Gasteiger partial charge is 0.105 e. The van der Waals surface area contributed by atoms with Gasteiger partial charge in [0.05, 0.1) is 5.02 Å². The van der Waals surface area contributed by atoms with Gasteiger partial charge in [-0.1, -0.05) is 47.6 Å². The topological polar surface area (TPSA) is 29.3 Å². The lowest BCUT2D eigenvalue weighted by Crippen LogP contribution is -2.17. The van der Waals surface area contributed by atoms with Gasteiger partial charge in [-0.25, -0.2) is 0 Å². The van der Waals surface area contributed by atoms with Crippen molar-refractivity contribution in [2.24, 2.45) is 5.73 Å². The monoisotopic (exact) mass is 324 g/mol. The molecule has 20 heavy (non-hydrogen) atoms. The summed E-state index contributed by atoms with van der Waals surface area (Å²) in [7, 11) is 2.00. The molecule has 0 radical (unpaired) electrons. The van der Waals surface area contributed by atoms with Gasteiger partial charge in [0.15, 0.2) is 0 Å². The molecule has 2 aromatic rings. The second-order valence-corrected chi connectivity index (χ2v) is 5.79. The summed E-state index contributed by atoms with van der Waals surface area (Å²) in [6, 6.07) is 13.4. The molecule has 0 aliphatic carbocycles. The Bertz CT molecular complexity index is 626. The summed E-state index contributed by atoms with van der Waals surface area (Å²) < 4.78 is 0. The molecule has 104 valence electrons. The number of anilines is 1. The van der Waals surface area contributed by atoms with E-state index < -0.39 is 0 Å². The molecule has 2 aromatic carbocycles. The Balaban J connectivity index is 2.17. The van der Waals surface area contributed by atoms with Crippen molar-refractivity contribution in [3.63, 3.8) is 0 Å². The van der Waals surface area contributed by atoms with Crippen LogP contribution in [0.2, 0.25) is 10.0 Å². The van der Waals surface area contributed by atoms with Gasteiger partial charge < -0.3 is 10.6 Å². The van der Waals surface area contributed by atoms with E-state index in [4.69, 9.17) is 41.2 Å². The van der Waals surface area contributed by atoms with Crippen LogP contribution in [-0.4, -0.2) is 12.0 Å². The van der Waals surface area contributed by atoms with Gasteiger partial charge in [0, 0.05) is 29.9 Å². The minimum absolute atomic E-state index is 0.307. The Morgan fingerprint density at radius 1 is 1.15 bits per heavy atom. The Kier molecular flexibility index (Phi) is 4.86. The third kappa shape index (κ3) is 3.63. The molecular formula is C15H14Cl2N2S. The van der Waals surface area contributed by atoms with Crippen LogP contribution in [0.1, 0.15) is 11.1 Å². The lowest BCUT2D eigenvalue weighted by atomic mass is 10.1. The van der Waals surface area contributed by atoms with Crippen LogP contribution < -0.4 is 10.6 Å². The fourth-order valence-corrected chi connectivity index (χ4v) is 2.53. The molecule has 0 aliphatic rings. The highest BCUT2D eigenvalue weighted by molar-refractivity contribution is 7.80. The minimum atomic E-state index is 0.307. The molecule has 0 amide bonds. The molecule has 2 nitrogen and oxygen atoms in total. The molecule has 2 rings (SSSR count). The van der Waals surface area contributed by atoms with E-state index in [-0.39, 0.29) is 0 Å². The van der Waals surface area contributed by atoms with Crippen molar-refractivity contribution in [1.29, 1.82) is 0 Å². The van der Waals surface area contributed by atoms with Crippen molar-refractivity contribution < 1.29 is 0 Å². The standard InChI is InChI=1S/C15H14Cl2N2S/c1-19(9-10-2-4-11(16)5-3-10)12-6-7-13(15(18)20)14(17)8-12/h2-8H,9H2,1H3,(H2,18,20). The van der Waals surface area contributed by atoms with Crippen molar-refractivity contribution in [3.05, 3.63) is 63.6 Å². The molecule has 0 aromatic heterocycles. The van der Waals surface area contributed by atoms with Crippen molar-refractivity contribution in [1.82, 2.24) is 0 Å². The maximum absolute atomic E-state index is 6.18. The van der Waals surface area contributed by atoms with Crippen LogP contribution in [-0.2, 0) is 6.54 Å². The predicted molar refractivity (Wildman–Crippen MR) is 90.9 cm³/mol. The quantitative estimate of drug-likeness (QED) is 0.852. The van der Waals surface area contributed by atoms with Gasteiger partial charge in [-0.2, -0.15) is 0 Å². The first-order valence-corrected chi connectivity index (χ1v) is 7.18. The molecule has 0 fully saturated rings. The molecular weight excluding hydrogens is 311 g/mol. The second kappa shape index (κ2) is 6.44. The van der Waals surface area contributed by atoms with E-state index in [1.54, 1.807) is 0 Å². The molecule has 0 saturated heterocycles. The molecule has 5 heteroatoms. The van der Waals surface area contributed by atoms with E-state index in [0.29, 0.717) is 15.6 Å². The molecule has 0 spiro atoms. The number of benzene rings is 2. The first-order valence-electron chi connectivity index (χ1n) is 6.02. The van der Waals surface area contributed by atoms with Crippen LogP contribution in [0.25, 0.3) is 0 Å². The molecule has 0 aliphatic heterocycles. The van der Waals surface area contributed by atoms with Crippen molar-refractivity contribution in [2.45, 2.75) is 6.54 Å². The van der Waals surface area contributed by atoms with Gasteiger partial charge >= 0.3 is 0 Å². The zero-order chi connectivity index (χ0) is 14.7. The Hall–Kier alpha value is -1.29.